The van der Waals surface area contributed by atoms with E-state index in [2.05, 4.69) is 0 Å². The Morgan fingerprint density at radius 2 is 1.78 bits per heavy atom. The Kier molecular flexibility index (Phi) is 7.92. The molecular formula is C16H25N3O7S. The first-order chi connectivity index (χ1) is 12.9. The van der Waals surface area contributed by atoms with Crippen LogP contribution in [-0.4, -0.2) is 84.5 Å². The summed E-state index contributed by atoms with van der Waals surface area (Å²) < 4.78 is 42.1. The molecule has 0 aromatic heterocycles. The third kappa shape index (κ3) is 5.36. The number of nitro groups is 1. The molecule has 0 bridgehead atoms. The van der Waals surface area contributed by atoms with Crippen molar-refractivity contribution in [3.63, 3.8) is 0 Å². The highest BCUT2D eigenvalue weighted by atomic mass is 32.2. The second kappa shape index (κ2) is 9.95. The van der Waals surface area contributed by atoms with Crippen LogP contribution in [0.4, 0.5) is 11.4 Å². The molecule has 1 aliphatic rings. The predicted octanol–water partition coefficient (Wildman–Crippen LogP) is 0.715. The molecule has 0 saturated carbocycles. The van der Waals surface area contributed by atoms with Crippen molar-refractivity contribution in [2.24, 2.45) is 0 Å². The maximum absolute atomic E-state index is 12.8. The SMILES string of the molecule is COCCN(CCOC)c1ccc(S(=O)(=O)N2CCOCC2)cc1[N+](=O)[O-]. The molecule has 2 rings (SSSR count). The average Bonchev–Trinajstić information content (AvgIpc) is 2.68. The zero-order valence-electron chi connectivity index (χ0n) is 15.5. The van der Waals surface area contributed by atoms with Gasteiger partial charge < -0.3 is 19.1 Å². The molecule has 0 radical (unpaired) electrons. The van der Waals surface area contributed by atoms with Gasteiger partial charge in [0.05, 0.1) is 36.2 Å². The van der Waals surface area contributed by atoms with Gasteiger partial charge >= 0.3 is 0 Å². The van der Waals surface area contributed by atoms with Gasteiger partial charge in [-0.25, -0.2) is 8.42 Å². The molecule has 0 amide bonds. The lowest BCUT2D eigenvalue weighted by molar-refractivity contribution is -0.384. The van der Waals surface area contributed by atoms with Crippen LogP contribution in [0, 0.1) is 10.1 Å². The molecule has 1 heterocycles. The van der Waals surface area contributed by atoms with Gasteiger partial charge in [0.15, 0.2) is 0 Å². The van der Waals surface area contributed by atoms with Gasteiger partial charge in [0.2, 0.25) is 10.0 Å². The number of benzene rings is 1. The number of nitrogens with zero attached hydrogens (tertiary/aromatic N) is 3. The Hall–Kier alpha value is -1.79. The van der Waals surface area contributed by atoms with Gasteiger partial charge in [-0.05, 0) is 12.1 Å². The minimum Gasteiger partial charge on any atom is -0.383 e. The molecule has 27 heavy (non-hydrogen) atoms. The number of nitro benzene ring substituents is 1. The molecule has 1 fully saturated rings. The lowest BCUT2D eigenvalue weighted by atomic mass is 10.2. The molecule has 1 aliphatic heterocycles. The lowest BCUT2D eigenvalue weighted by Crippen LogP contribution is -2.40. The van der Waals surface area contributed by atoms with Crippen LogP contribution in [0.3, 0.4) is 0 Å². The monoisotopic (exact) mass is 403 g/mol. The minimum absolute atomic E-state index is 0.0988. The third-order valence-corrected chi connectivity index (χ3v) is 6.12. The average molecular weight is 403 g/mol. The number of rotatable bonds is 10. The van der Waals surface area contributed by atoms with E-state index in [1.807, 2.05) is 0 Å². The summed E-state index contributed by atoms with van der Waals surface area (Å²) in [5, 5.41) is 11.6. The van der Waals surface area contributed by atoms with E-state index in [1.165, 1.54) is 16.4 Å². The van der Waals surface area contributed by atoms with Crippen LogP contribution in [0.25, 0.3) is 0 Å². The molecule has 1 saturated heterocycles. The standard InChI is InChI=1S/C16H25N3O7S/c1-24-9-5-17(6-10-25-2)15-4-3-14(13-16(15)19(20)21)27(22,23)18-7-11-26-12-8-18/h3-4,13H,5-12H2,1-2H3. The van der Waals surface area contributed by atoms with Crippen molar-refractivity contribution in [1.82, 2.24) is 4.31 Å². The van der Waals surface area contributed by atoms with E-state index < -0.39 is 14.9 Å². The number of hydrogen-bond acceptors (Lipinski definition) is 8. The van der Waals surface area contributed by atoms with Crippen molar-refractivity contribution >= 4 is 21.4 Å². The van der Waals surface area contributed by atoms with Gasteiger partial charge in [0, 0.05) is 46.5 Å². The summed E-state index contributed by atoms with van der Waals surface area (Å²) in [6.07, 6.45) is 0. The Balaban J connectivity index is 2.38. The van der Waals surface area contributed by atoms with Crippen LogP contribution in [0.5, 0.6) is 0 Å². The number of ether oxygens (including phenoxy) is 3. The quantitative estimate of drug-likeness (QED) is 0.415. The summed E-state index contributed by atoms with van der Waals surface area (Å²) >= 11 is 0. The smallest absolute Gasteiger partial charge is 0.293 e. The number of morpholine rings is 1. The van der Waals surface area contributed by atoms with Gasteiger partial charge in [-0.3, -0.25) is 10.1 Å². The van der Waals surface area contributed by atoms with E-state index in [0.717, 1.165) is 6.07 Å². The second-order valence-corrected chi connectivity index (χ2v) is 7.83. The summed E-state index contributed by atoms with van der Waals surface area (Å²) in [6.45, 7) is 2.63. The van der Waals surface area contributed by atoms with E-state index in [-0.39, 0.29) is 23.7 Å². The van der Waals surface area contributed by atoms with E-state index in [0.29, 0.717) is 45.2 Å². The van der Waals surface area contributed by atoms with Crippen LogP contribution in [0.1, 0.15) is 0 Å². The van der Waals surface area contributed by atoms with Crippen LogP contribution < -0.4 is 4.90 Å². The predicted molar refractivity (Wildman–Crippen MR) is 98.6 cm³/mol. The maximum Gasteiger partial charge on any atom is 0.293 e. The molecule has 11 heteroatoms. The first kappa shape index (κ1) is 21.5. The number of methoxy groups -OCH3 is 2. The number of sulfonamides is 1. The maximum atomic E-state index is 12.8. The second-order valence-electron chi connectivity index (χ2n) is 5.90. The molecule has 0 spiro atoms. The Morgan fingerprint density at radius 1 is 1.19 bits per heavy atom. The molecular weight excluding hydrogens is 378 g/mol. The largest absolute Gasteiger partial charge is 0.383 e. The molecule has 0 N–H and O–H groups in total. The van der Waals surface area contributed by atoms with E-state index in [4.69, 9.17) is 14.2 Å². The van der Waals surface area contributed by atoms with Crippen LogP contribution >= 0.6 is 0 Å². The normalized spacial score (nSPS) is 15.6. The van der Waals surface area contributed by atoms with E-state index in [9.17, 15) is 18.5 Å². The highest BCUT2D eigenvalue weighted by Crippen LogP contribution is 2.32. The zero-order valence-corrected chi connectivity index (χ0v) is 16.3. The number of hydrogen-bond donors (Lipinski definition) is 0. The van der Waals surface area contributed by atoms with Gasteiger partial charge in [-0.2, -0.15) is 4.31 Å². The van der Waals surface area contributed by atoms with Gasteiger partial charge in [0.1, 0.15) is 5.69 Å². The van der Waals surface area contributed by atoms with Crippen molar-refractivity contribution in [3.8, 4) is 0 Å². The molecule has 0 aliphatic carbocycles. The fourth-order valence-corrected chi connectivity index (χ4v) is 4.20. The topological polar surface area (TPSA) is 111 Å². The van der Waals surface area contributed by atoms with Crippen molar-refractivity contribution < 1.29 is 27.6 Å². The van der Waals surface area contributed by atoms with Crippen LogP contribution in [0.2, 0.25) is 0 Å². The van der Waals surface area contributed by atoms with E-state index in [1.54, 1.807) is 19.1 Å². The lowest BCUT2D eigenvalue weighted by Gasteiger charge is -2.27. The first-order valence-corrected chi connectivity index (χ1v) is 9.95. The van der Waals surface area contributed by atoms with Gasteiger partial charge in [-0.1, -0.05) is 0 Å². The molecule has 0 atom stereocenters. The van der Waals surface area contributed by atoms with Crippen molar-refractivity contribution in [2.45, 2.75) is 4.90 Å². The zero-order chi connectivity index (χ0) is 19.9. The van der Waals surface area contributed by atoms with Crippen molar-refractivity contribution in [3.05, 3.63) is 28.3 Å². The molecule has 1 aromatic rings. The van der Waals surface area contributed by atoms with Crippen LogP contribution in [-0.2, 0) is 24.2 Å². The van der Waals surface area contributed by atoms with E-state index >= 15 is 0 Å². The summed E-state index contributed by atoms with van der Waals surface area (Å²) in [5.74, 6) is 0. The van der Waals surface area contributed by atoms with Crippen molar-refractivity contribution in [1.29, 1.82) is 0 Å². The Bertz CT molecular complexity index is 728. The first-order valence-electron chi connectivity index (χ1n) is 8.51. The van der Waals surface area contributed by atoms with Crippen molar-refractivity contribution in [2.75, 3.05) is 71.7 Å². The number of anilines is 1. The summed E-state index contributed by atoms with van der Waals surface area (Å²) in [5.41, 5.74) is 0.0616. The Labute approximate surface area is 158 Å². The fourth-order valence-electron chi connectivity index (χ4n) is 2.77. The fraction of sp³-hybridized carbons (Fsp3) is 0.625. The molecule has 10 nitrogen and oxygen atoms in total. The Morgan fingerprint density at radius 3 is 2.30 bits per heavy atom. The molecule has 0 unspecified atom stereocenters. The van der Waals surface area contributed by atoms with Gasteiger partial charge in [-0.15, -0.1) is 0 Å². The molecule has 152 valence electrons. The van der Waals surface area contributed by atoms with Gasteiger partial charge in [0.25, 0.3) is 5.69 Å². The highest BCUT2D eigenvalue weighted by molar-refractivity contribution is 7.89. The van der Waals surface area contributed by atoms with Crippen LogP contribution in [0.15, 0.2) is 23.1 Å². The highest BCUT2D eigenvalue weighted by Gasteiger charge is 2.29. The summed E-state index contributed by atoms with van der Waals surface area (Å²) in [6, 6.07) is 3.99. The third-order valence-electron chi connectivity index (χ3n) is 4.22. The summed E-state index contributed by atoms with van der Waals surface area (Å²) in [7, 11) is -0.728. The minimum atomic E-state index is -3.81. The summed E-state index contributed by atoms with van der Waals surface area (Å²) in [4.78, 5) is 12.7. The molecule has 1 aromatic carbocycles.